The van der Waals surface area contributed by atoms with Gasteiger partial charge in [-0.25, -0.2) is 4.79 Å². The molecule has 1 aliphatic heterocycles. The number of hydrogen-bond acceptors (Lipinski definition) is 8. The Kier molecular flexibility index (Phi) is 7.41. The molecule has 3 aromatic heterocycles. The molecule has 4 heterocycles. The van der Waals surface area contributed by atoms with Crippen molar-refractivity contribution in [2.75, 3.05) is 36.4 Å². The van der Waals surface area contributed by atoms with E-state index in [1.54, 1.807) is 9.47 Å². The van der Waals surface area contributed by atoms with Crippen LogP contribution in [0, 0.1) is 6.92 Å². The minimum Gasteiger partial charge on any atom is -0.444 e. The maximum absolute atomic E-state index is 13.5. The van der Waals surface area contributed by atoms with Crippen LogP contribution in [0.4, 0.5) is 15.5 Å². The molecular formula is C23H30BrN7O4S. The summed E-state index contributed by atoms with van der Waals surface area (Å²) in [7, 11) is 0. The molecule has 0 radical (unpaired) electrons. The highest BCUT2D eigenvalue weighted by molar-refractivity contribution is 9.10. The van der Waals surface area contributed by atoms with Crippen LogP contribution in [-0.4, -0.2) is 67.8 Å². The Morgan fingerprint density at radius 2 is 1.92 bits per heavy atom. The molecule has 194 valence electrons. The second-order valence-corrected chi connectivity index (χ2v) is 11.2. The number of aryl methyl sites for hydroxylation is 1. The number of carbonyl (C=O) groups is 2. The van der Waals surface area contributed by atoms with Gasteiger partial charge in [0.05, 0.1) is 10.7 Å². The number of aromatic nitrogens is 4. The highest BCUT2D eigenvalue weighted by Gasteiger charge is 2.30. The van der Waals surface area contributed by atoms with Crippen molar-refractivity contribution in [3.63, 3.8) is 0 Å². The monoisotopic (exact) mass is 579 g/mol. The number of piperazine rings is 1. The van der Waals surface area contributed by atoms with Crippen molar-refractivity contribution in [3.8, 4) is 0 Å². The van der Waals surface area contributed by atoms with Crippen LogP contribution in [0.5, 0.6) is 0 Å². The molecule has 1 N–H and O–H groups in total. The second kappa shape index (κ2) is 10.2. The van der Waals surface area contributed by atoms with Crippen LogP contribution in [0.2, 0.25) is 0 Å². The van der Waals surface area contributed by atoms with Crippen LogP contribution >= 0.6 is 27.3 Å². The first-order valence-corrected chi connectivity index (χ1v) is 13.4. The summed E-state index contributed by atoms with van der Waals surface area (Å²) in [5.74, 6) is 0.0642. The van der Waals surface area contributed by atoms with Gasteiger partial charge in [-0.1, -0.05) is 6.92 Å². The van der Waals surface area contributed by atoms with E-state index < -0.39 is 5.60 Å². The number of halogens is 1. The van der Waals surface area contributed by atoms with Crippen LogP contribution < -0.4 is 15.8 Å². The van der Waals surface area contributed by atoms with E-state index in [4.69, 9.17) is 4.74 Å². The smallest absolute Gasteiger partial charge is 0.410 e. The summed E-state index contributed by atoms with van der Waals surface area (Å²) in [4.78, 5) is 47.0. The SMILES string of the molecule is CCc1c(N2CCN(C(=O)OC(C)(C)C)CC2)c(=O)n2nc(Br)nc2n1CC(=O)Nc1cc(C)cs1. The van der Waals surface area contributed by atoms with Gasteiger partial charge in [0.1, 0.15) is 17.8 Å². The minimum atomic E-state index is -0.578. The van der Waals surface area contributed by atoms with Gasteiger partial charge < -0.3 is 24.4 Å². The topological polar surface area (TPSA) is 114 Å². The van der Waals surface area contributed by atoms with E-state index in [1.165, 1.54) is 15.9 Å². The quantitative estimate of drug-likeness (QED) is 0.493. The number of fused-ring (bicyclic) bond motifs is 1. The Labute approximate surface area is 221 Å². The van der Waals surface area contributed by atoms with Crippen LogP contribution in [-0.2, 0) is 22.5 Å². The third-order valence-corrected chi connectivity index (χ3v) is 6.98. The summed E-state index contributed by atoms with van der Waals surface area (Å²) >= 11 is 4.72. The van der Waals surface area contributed by atoms with Crippen LogP contribution in [0.1, 0.15) is 39.0 Å². The van der Waals surface area contributed by atoms with Crippen molar-refractivity contribution >= 4 is 55.7 Å². The van der Waals surface area contributed by atoms with E-state index in [0.29, 0.717) is 44.0 Å². The van der Waals surface area contributed by atoms with Crippen molar-refractivity contribution in [2.24, 2.45) is 0 Å². The Balaban J connectivity index is 1.65. The fraction of sp³-hybridized carbons (Fsp3) is 0.522. The lowest BCUT2D eigenvalue weighted by Crippen LogP contribution is -2.51. The minimum absolute atomic E-state index is 0.0279. The Bertz CT molecular complexity index is 1350. The standard InChI is InChI=1S/C23H30BrN7O4S/c1-6-15-18(28-7-9-29(10-8-28)22(34)35-23(3,4)5)19(33)31-21(26-20(24)27-31)30(15)12-16(32)25-17-11-14(2)13-36-17/h11,13H,6-10,12H2,1-5H3,(H,25,32). The van der Waals surface area contributed by atoms with E-state index >= 15 is 0 Å². The number of carbonyl (C=O) groups excluding carboxylic acids is 2. The first-order valence-electron chi connectivity index (χ1n) is 11.7. The van der Waals surface area contributed by atoms with Crippen molar-refractivity contribution < 1.29 is 14.3 Å². The molecule has 2 amide bonds. The lowest BCUT2D eigenvalue weighted by Gasteiger charge is -2.37. The average molecular weight is 581 g/mol. The predicted molar refractivity (Wildman–Crippen MR) is 142 cm³/mol. The molecule has 3 aromatic rings. The third kappa shape index (κ3) is 5.56. The molecule has 1 fully saturated rings. The van der Waals surface area contributed by atoms with Gasteiger partial charge in [0, 0.05) is 26.2 Å². The number of rotatable bonds is 5. The predicted octanol–water partition coefficient (Wildman–Crippen LogP) is 3.28. The van der Waals surface area contributed by atoms with Gasteiger partial charge >= 0.3 is 6.09 Å². The van der Waals surface area contributed by atoms with Gasteiger partial charge in [-0.3, -0.25) is 9.59 Å². The second-order valence-electron chi connectivity index (χ2n) is 9.62. The highest BCUT2D eigenvalue weighted by atomic mass is 79.9. The van der Waals surface area contributed by atoms with Gasteiger partial charge in [0.25, 0.3) is 5.56 Å². The van der Waals surface area contributed by atoms with Crippen molar-refractivity contribution in [2.45, 2.75) is 53.2 Å². The number of ether oxygens (including phenoxy) is 1. The average Bonchev–Trinajstić information content (AvgIpc) is 3.39. The van der Waals surface area contributed by atoms with Crippen LogP contribution in [0.3, 0.4) is 0 Å². The summed E-state index contributed by atoms with van der Waals surface area (Å²) in [5, 5.41) is 9.88. The van der Waals surface area contributed by atoms with Crippen molar-refractivity contribution in [1.29, 1.82) is 0 Å². The number of nitrogens with one attached hydrogen (secondary N) is 1. The van der Waals surface area contributed by atoms with E-state index in [9.17, 15) is 14.4 Å². The first kappa shape index (κ1) is 26.1. The molecule has 0 saturated carbocycles. The Hall–Kier alpha value is -2.93. The van der Waals surface area contributed by atoms with E-state index in [-0.39, 0.29) is 34.6 Å². The van der Waals surface area contributed by atoms with Crippen molar-refractivity contribution in [3.05, 3.63) is 37.8 Å². The number of hydrogen-bond donors (Lipinski definition) is 1. The normalized spacial score (nSPS) is 14.4. The number of thiophene rings is 1. The lowest BCUT2D eigenvalue weighted by molar-refractivity contribution is -0.116. The summed E-state index contributed by atoms with van der Waals surface area (Å²) < 4.78 is 8.72. The molecule has 1 saturated heterocycles. The van der Waals surface area contributed by atoms with Gasteiger partial charge in [0.15, 0.2) is 0 Å². The summed E-state index contributed by atoms with van der Waals surface area (Å²) in [5.41, 5.74) is 1.34. The zero-order valence-corrected chi connectivity index (χ0v) is 23.4. The van der Waals surface area contributed by atoms with Crippen molar-refractivity contribution in [1.82, 2.24) is 24.1 Å². The largest absolute Gasteiger partial charge is 0.444 e. The van der Waals surface area contributed by atoms with Gasteiger partial charge in [-0.2, -0.15) is 9.50 Å². The molecule has 36 heavy (non-hydrogen) atoms. The number of amides is 2. The molecule has 0 aliphatic carbocycles. The van der Waals surface area contributed by atoms with Gasteiger partial charge in [-0.15, -0.1) is 16.4 Å². The molecule has 0 atom stereocenters. The van der Waals surface area contributed by atoms with E-state index in [2.05, 4.69) is 31.3 Å². The molecule has 0 unspecified atom stereocenters. The number of anilines is 2. The fourth-order valence-electron chi connectivity index (χ4n) is 4.16. The maximum atomic E-state index is 13.5. The zero-order valence-electron chi connectivity index (χ0n) is 21.0. The van der Waals surface area contributed by atoms with E-state index in [1.807, 2.05) is 51.0 Å². The molecular weight excluding hydrogens is 550 g/mol. The highest BCUT2D eigenvalue weighted by Crippen LogP contribution is 2.23. The summed E-state index contributed by atoms with van der Waals surface area (Å²) in [6.07, 6.45) is 0.134. The molecule has 0 spiro atoms. The molecule has 1 aliphatic rings. The Morgan fingerprint density at radius 1 is 1.22 bits per heavy atom. The number of nitrogens with zero attached hydrogens (tertiary/aromatic N) is 6. The molecule has 0 bridgehead atoms. The Morgan fingerprint density at radius 3 is 2.50 bits per heavy atom. The van der Waals surface area contributed by atoms with E-state index in [0.717, 1.165) is 10.6 Å². The summed E-state index contributed by atoms with van der Waals surface area (Å²) in [6, 6.07) is 1.91. The summed E-state index contributed by atoms with van der Waals surface area (Å²) in [6.45, 7) is 11.1. The maximum Gasteiger partial charge on any atom is 0.410 e. The third-order valence-electron chi connectivity index (χ3n) is 5.68. The first-order chi connectivity index (χ1) is 17.0. The fourth-order valence-corrected chi connectivity index (χ4v) is 5.29. The molecule has 4 rings (SSSR count). The van der Waals surface area contributed by atoms with Gasteiger partial charge in [0.2, 0.25) is 16.4 Å². The van der Waals surface area contributed by atoms with Crippen LogP contribution in [0.15, 0.2) is 21.0 Å². The molecule has 0 aromatic carbocycles. The van der Waals surface area contributed by atoms with Gasteiger partial charge in [-0.05, 0) is 67.1 Å². The zero-order chi connectivity index (χ0) is 26.2. The van der Waals surface area contributed by atoms with Crippen LogP contribution in [0.25, 0.3) is 5.78 Å². The molecule has 11 nitrogen and oxygen atoms in total. The molecule has 13 heteroatoms. The lowest BCUT2D eigenvalue weighted by atomic mass is 10.2.